The van der Waals surface area contributed by atoms with Crippen molar-refractivity contribution in [1.29, 1.82) is 0 Å². The van der Waals surface area contributed by atoms with E-state index in [-0.39, 0.29) is 22.3 Å². The Balaban J connectivity index is 1.65. The Morgan fingerprint density at radius 3 is 2.85 bits per heavy atom. The standard InChI is InChI=1S/C20H19N3O3S/c1-12(23-19(25)14-7-2-4-8-15(14)22-20(23)27)18(24)21-16-10-11-26-17-9-5-3-6-13(16)17/h2-9,12,16H,10-11H2,1H3,(H,21,24)(H,22,27)/t12-,16-/m1/s1. The molecule has 27 heavy (non-hydrogen) atoms. The minimum Gasteiger partial charge on any atom is -0.493 e. The monoisotopic (exact) mass is 381 g/mol. The van der Waals surface area contributed by atoms with Crippen LogP contribution >= 0.6 is 12.2 Å². The van der Waals surface area contributed by atoms with E-state index in [9.17, 15) is 9.59 Å². The third kappa shape index (κ3) is 3.14. The van der Waals surface area contributed by atoms with Gasteiger partial charge in [0.05, 0.1) is 23.6 Å². The number of amides is 1. The fourth-order valence-corrected chi connectivity index (χ4v) is 3.78. The van der Waals surface area contributed by atoms with Crippen molar-refractivity contribution in [3.05, 3.63) is 69.2 Å². The Kier molecular flexibility index (Phi) is 4.53. The van der Waals surface area contributed by atoms with Crippen molar-refractivity contribution >= 4 is 29.0 Å². The number of aromatic nitrogens is 2. The predicted octanol–water partition coefficient (Wildman–Crippen LogP) is 3.26. The molecule has 2 N–H and O–H groups in total. The molecule has 1 aromatic heterocycles. The maximum Gasteiger partial charge on any atom is 0.262 e. The summed E-state index contributed by atoms with van der Waals surface area (Å²) >= 11 is 5.34. The quantitative estimate of drug-likeness (QED) is 0.683. The number of ether oxygens (including phenoxy) is 1. The van der Waals surface area contributed by atoms with Crippen molar-refractivity contribution in [2.45, 2.75) is 25.4 Å². The highest BCUT2D eigenvalue weighted by atomic mass is 32.1. The van der Waals surface area contributed by atoms with Gasteiger partial charge >= 0.3 is 0 Å². The molecule has 0 saturated carbocycles. The second-order valence-electron chi connectivity index (χ2n) is 6.56. The van der Waals surface area contributed by atoms with Crippen LogP contribution in [-0.4, -0.2) is 22.1 Å². The zero-order valence-electron chi connectivity index (χ0n) is 14.8. The topological polar surface area (TPSA) is 76.1 Å². The van der Waals surface area contributed by atoms with E-state index in [1.165, 1.54) is 4.57 Å². The molecular weight excluding hydrogens is 362 g/mol. The van der Waals surface area contributed by atoms with Gasteiger partial charge in [0.15, 0.2) is 4.77 Å². The number of carbonyl (C=O) groups is 1. The van der Waals surface area contributed by atoms with Crippen molar-refractivity contribution in [2.24, 2.45) is 0 Å². The molecule has 7 heteroatoms. The summed E-state index contributed by atoms with van der Waals surface area (Å²) < 4.78 is 7.20. The summed E-state index contributed by atoms with van der Waals surface area (Å²) in [4.78, 5) is 28.8. The largest absolute Gasteiger partial charge is 0.493 e. The third-order valence-corrected chi connectivity index (χ3v) is 5.18. The molecule has 0 bridgehead atoms. The van der Waals surface area contributed by atoms with Gasteiger partial charge in [0.1, 0.15) is 11.8 Å². The fourth-order valence-electron chi connectivity index (χ4n) is 3.43. The normalized spacial score (nSPS) is 17.0. The van der Waals surface area contributed by atoms with Crippen LogP contribution in [0.15, 0.2) is 53.3 Å². The van der Waals surface area contributed by atoms with Crippen LogP contribution in [0.1, 0.15) is 31.0 Å². The van der Waals surface area contributed by atoms with Crippen molar-refractivity contribution < 1.29 is 9.53 Å². The first-order chi connectivity index (χ1) is 13.1. The van der Waals surface area contributed by atoms with Crippen LogP contribution in [0.25, 0.3) is 10.9 Å². The van der Waals surface area contributed by atoms with Crippen molar-refractivity contribution in [3.8, 4) is 5.75 Å². The van der Waals surface area contributed by atoms with Crippen LogP contribution in [-0.2, 0) is 4.79 Å². The van der Waals surface area contributed by atoms with Gasteiger partial charge in [-0.3, -0.25) is 14.2 Å². The number of para-hydroxylation sites is 2. The maximum atomic E-state index is 12.9. The van der Waals surface area contributed by atoms with Gasteiger partial charge in [0, 0.05) is 12.0 Å². The van der Waals surface area contributed by atoms with Crippen LogP contribution in [0, 0.1) is 4.77 Å². The van der Waals surface area contributed by atoms with Crippen LogP contribution in [0.4, 0.5) is 0 Å². The molecule has 2 atom stereocenters. The van der Waals surface area contributed by atoms with E-state index in [1.807, 2.05) is 30.3 Å². The summed E-state index contributed by atoms with van der Waals surface area (Å²) in [5.74, 6) is 0.524. The minimum absolute atomic E-state index is 0.154. The molecule has 1 aliphatic rings. The first kappa shape index (κ1) is 17.5. The highest BCUT2D eigenvalue weighted by molar-refractivity contribution is 7.71. The molecule has 0 radical (unpaired) electrons. The SMILES string of the molecule is C[C@H](C(=O)N[C@@H]1CCOc2ccccc21)n1c(=S)[nH]c2ccccc2c1=O. The van der Waals surface area contributed by atoms with E-state index < -0.39 is 6.04 Å². The van der Waals surface area contributed by atoms with E-state index in [0.29, 0.717) is 23.9 Å². The number of benzene rings is 2. The Bertz CT molecular complexity index is 1140. The zero-order valence-corrected chi connectivity index (χ0v) is 15.6. The molecular formula is C20H19N3O3S. The van der Waals surface area contributed by atoms with Crippen LogP contribution in [0.5, 0.6) is 5.75 Å². The number of nitrogens with one attached hydrogen (secondary N) is 2. The lowest BCUT2D eigenvalue weighted by Gasteiger charge is -2.28. The lowest BCUT2D eigenvalue weighted by Crippen LogP contribution is -2.39. The second kappa shape index (κ2) is 7.00. The molecule has 0 unspecified atom stereocenters. The number of fused-ring (bicyclic) bond motifs is 2. The second-order valence-corrected chi connectivity index (χ2v) is 6.95. The molecule has 0 fully saturated rings. The molecule has 3 aromatic rings. The number of carbonyl (C=O) groups excluding carboxylic acids is 1. The fraction of sp³-hybridized carbons (Fsp3) is 0.250. The summed E-state index contributed by atoms with van der Waals surface area (Å²) in [6, 6.07) is 13.9. The van der Waals surface area contributed by atoms with Gasteiger partial charge in [0.25, 0.3) is 5.56 Å². The molecule has 0 spiro atoms. The van der Waals surface area contributed by atoms with E-state index >= 15 is 0 Å². The third-order valence-electron chi connectivity index (χ3n) is 4.88. The lowest BCUT2D eigenvalue weighted by molar-refractivity contribution is -0.124. The van der Waals surface area contributed by atoms with Crippen molar-refractivity contribution in [3.63, 3.8) is 0 Å². The van der Waals surface area contributed by atoms with E-state index in [2.05, 4.69) is 10.3 Å². The Labute approximate surface area is 160 Å². The molecule has 0 aliphatic carbocycles. The summed E-state index contributed by atoms with van der Waals surface area (Å²) in [5, 5.41) is 3.54. The Morgan fingerprint density at radius 2 is 2.00 bits per heavy atom. The number of nitrogens with zero attached hydrogens (tertiary/aromatic N) is 1. The van der Waals surface area contributed by atoms with Gasteiger partial charge in [0.2, 0.25) is 5.91 Å². The highest BCUT2D eigenvalue weighted by Crippen LogP contribution is 2.31. The average Bonchev–Trinajstić information content (AvgIpc) is 2.68. The molecule has 1 amide bonds. The number of aromatic amines is 1. The number of H-pyrrole nitrogens is 1. The minimum atomic E-state index is -0.735. The predicted molar refractivity (Wildman–Crippen MR) is 106 cm³/mol. The van der Waals surface area contributed by atoms with Gasteiger partial charge in [-0.25, -0.2) is 0 Å². The highest BCUT2D eigenvalue weighted by Gasteiger charge is 2.26. The van der Waals surface area contributed by atoms with Gasteiger partial charge < -0.3 is 15.0 Å². The van der Waals surface area contributed by atoms with Crippen LogP contribution in [0.2, 0.25) is 0 Å². The Morgan fingerprint density at radius 1 is 1.26 bits per heavy atom. The van der Waals surface area contributed by atoms with E-state index in [4.69, 9.17) is 17.0 Å². The molecule has 6 nitrogen and oxygen atoms in total. The van der Waals surface area contributed by atoms with E-state index in [0.717, 1.165) is 11.3 Å². The molecule has 2 heterocycles. The summed E-state index contributed by atoms with van der Waals surface area (Å²) in [6.07, 6.45) is 0.676. The smallest absolute Gasteiger partial charge is 0.262 e. The number of rotatable bonds is 3. The summed E-state index contributed by atoms with van der Waals surface area (Å²) in [5.41, 5.74) is 1.33. The van der Waals surface area contributed by atoms with Crippen molar-refractivity contribution in [2.75, 3.05) is 6.61 Å². The first-order valence-electron chi connectivity index (χ1n) is 8.82. The maximum absolute atomic E-state index is 12.9. The number of hydrogen-bond donors (Lipinski definition) is 2. The zero-order chi connectivity index (χ0) is 19.0. The number of hydrogen-bond acceptors (Lipinski definition) is 4. The van der Waals surface area contributed by atoms with Gasteiger partial charge in [-0.2, -0.15) is 0 Å². The summed E-state index contributed by atoms with van der Waals surface area (Å²) in [7, 11) is 0. The van der Waals surface area contributed by atoms with Crippen LogP contribution in [0.3, 0.4) is 0 Å². The molecule has 0 saturated heterocycles. The van der Waals surface area contributed by atoms with Crippen LogP contribution < -0.4 is 15.6 Å². The van der Waals surface area contributed by atoms with Crippen molar-refractivity contribution in [1.82, 2.24) is 14.9 Å². The Hall–Kier alpha value is -2.93. The van der Waals surface area contributed by atoms with Gasteiger partial charge in [-0.05, 0) is 37.3 Å². The molecule has 4 rings (SSSR count). The lowest BCUT2D eigenvalue weighted by atomic mass is 10.0. The van der Waals surface area contributed by atoms with E-state index in [1.54, 1.807) is 25.1 Å². The average molecular weight is 381 g/mol. The first-order valence-corrected chi connectivity index (χ1v) is 9.23. The summed E-state index contributed by atoms with van der Waals surface area (Å²) in [6.45, 7) is 2.21. The molecule has 138 valence electrons. The molecule has 2 aromatic carbocycles. The molecule has 1 aliphatic heterocycles. The van der Waals surface area contributed by atoms with Gasteiger partial charge in [-0.1, -0.05) is 30.3 Å². The van der Waals surface area contributed by atoms with Gasteiger partial charge in [-0.15, -0.1) is 0 Å².